The number of fused-ring (bicyclic) bond motifs is 1. The van der Waals surface area contributed by atoms with Crippen LogP contribution in [0.2, 0.25) is 0 Å². The Hall–Kier alpha value is -1.88. The van der Waals surface area contributed by atoms with Gasteiger partial charge in [-0.15, -0.1) is 11.3 Å². The first-order valence-corrected chi connectivity index (χ1v) is 7.78. The minimum absolute atomic E-state index is 0.0270. The van der Waals surface area contributed by atoms with E-state index in [4.69, 9.17) is 0 Å². The van der Waals surface area contributed by atoms with Gasteiger partial charge >= 0.3 is 0 Å². The van der Waals surface area contributed by atoms with E-state index in [0.717, 1.165) is 22.1 Å². The smallest absolute Gasteiger partial charge is 0.235 e. The van der Waals surface area contributed by atoms with Gasteiger partial charge < -0.3 is 10.6 Å². The van der Waals surface area contributed by atoms with E-state index in [9.17, 15) is 4.79 Å². The van der Waals surface area contributed by atoms with Crippen molar-refractivity contribution in [1.29, 1.82) is 0 Å². The summed E-state index contributed by atoms with van der Waals surface area (Å²) in [6.07, 6.45) is 2.47. The average molecular weight is 285 g/mol. The molecule has 1 aromatic carbocycles. The number of para-hydroxylation sites is 1. The lowest BCUT2D eigenvalue weighted by Gasteiger charge is -2.09. The van der Waals surface area contributed by atoms with Crippen LogP contribution in [0, 0.1) is 0 Å². The second-order valence-electron chi connectivity index (χ2n) is 5.36. The maximum absolute atomic E-state index is 12.4. The van der Waals surface area contributed by atoms with Crippen LogP contribution >= 0.6 is 11.3 Å². The van der Waals surface area contributed by atoms with Crippen LogP contribution in [-0.4, -0.2) is 17.4 Å². The van der Waals surface area contributed by atoms with Crippen molar-refractivity contribution in [2.45, 2.75) is 24.7 Å². The first-order chi connectivity index (χ1) is 9.81. The molecule has 2 aromatic rings. The van der Waals surface area contributed by atoms with Crippen LogP contribution in [0.15, 0.2) is 29.6 Å². The van der Waals surface area contributed by atoms with E-state index in [1.807, 2.05) is 24.3 Å². The highest BCUT2D eigenvalue weighted by Crippen LogP contribution is 2.41. The maximum atomic E-state index is 12.4. The van der Waals surface area contributed by atoms with Gasteiger partial charge in [0, 0.05) is 23.5 Å². The predicted octanol–water partition coefficient (Wildman–Crippen LogP) is 3.17. The summed E-state index contributed by atoms with van der Waals surface area (Å²) in [7, 11) is 0. The molecule has 20 heavy (non-hydrogen) atoms. The summed E-state index contributed by atoms with van der Waals surface area (Å²) >= 11 is 1.52. The fourth-order valence-electron chi connectivity index (χ4n) is 2.62. The quantitative estimate of drug-likeness (QED) is 0.910. The zero-order chi connectivity index (χ0) is 13.5. The van der Waals surface area contributed by atoms with Gasteiger partial charge in [-0.1, -0.05) is 18.2 Å². The Morgan fingerprint density at radius 1 is 1.35 bits per heavy atom. The minimum atomic E-state index is -0.125. The summed E-state index contributed by atoms with van der Waals surface area (Å²) in [4.78, 5) is 16.9. The molecule has 102 valence electrons. The number of thiazole rings is 1. The second kappa shape index (κ2) is 4.59. The Balaban J connectivity index is 1.50. The Bertz CT molecular complexity index is 663. The highest BCUT2D eigenvalue weighted by Gasteiger charge is 2.30. The summed E-state index contributed by atoms with van der Waals surface area (Å²) < 4.78 is 0. The fourth-order valence-corrected chi connectivity index (χ4v) is 3.42. The molecule has 5 heteroatoms. The number of amides is 1. The van der Waals surface area contributed by atoms with Crippen LogP contribution in [0.1, 0.15) is 35.9 Å². The number of benzene rings is 1. The van der Waals surface area contributed by atoms with Crippen molar-refractivity contribution in [3.05, 3.63) is 40.9 Å². The number of rotatable bonds is 3. The molecule has 1 unspecified atom stereocenters. The van der Waals surface area contributed by atoms with Crippen LogP contribution in [0.3, 0.4) is 0 Å². The van der Waals surface area contributed by atoms with Crippen molar-refractivity contribution in [2.75, 3.05) is 17.2 Å². The first kappa shape index (κ1) is 11.9. The number of hydrogen-bond acceptors (Lipinski definition) is 4. The molecule has 2 aliphatic rings. The number of nitrogens with one attached hydrogen (secondary N) is 2. The van der Waals surface area contributed by atoms with E-state index >= 15 is 0 Å². The van der Waals surface area contributed by atoms with Gasteiger partial charge in [-0.05, 0) is 24.5 Å². The van der Waals surface area contributed by atoms with Gasteiger partial charge in [0.25, 0.3) is 0 Å². The summed E-state index contributed by atoms with van der Waals surface area (Å²) in [5, 5.41) is 9.02. The Morgan fingerprint density at radius 2 is 2.20 bits per heavy atom. The molecule has 1 fully saturated rings. The second-order valence-corrected chi connectivity index (χ2v) is 6.22. The summed E-state index contributed by atoms with van der Waals surface area (Å²) in [6, 6.07) is 7.98. The maximum Gasteiger partial charge on any atom is 0.235 e. The Kier molecular flexibility index (Phi) is 2.73. The monoisotopic (exact) mass is 285 g/mol. The number of aromatic nitrogens is 1. The highest BCUT2D eigenvalue weighted by atomic mass is 32.1. The Labute approximate surface area is 121 Å². The molecular weight excluding hydrogens is 270 g/mol. The molecule has 1 amide bonds. The molecule has 0 radical (unpaired) electrons. The van der Waals surface area contributed by atoms with Crippen molar-refractivity contribution in [1.82, 2.24) is 4.98 Å². The van der Waals surface area contributed by atoms with Crippen molar-refractivity contribution in [3.63, 3.8) is 0 Å². The van der Waals surface area contributed by atoms with Gasteiger partial charge in [0.2, 0.25) is 5.91 Å². The average Bonchev–Trinajstić information content (AvgIpc) is 3.06. The first-order valence-electron chi connectivity index (χ1n) is 6.90. The lowest BCUT2D eigenvalue weighted by atomic mass is 10.0. The normalized spacial score (nSPS) is 20.3. The lowest BCUT2D eigenvalue weighted by molar-refractivity contribution is -0.117. The van der Waals surface area contributed by atoms with Gasteiger partial charge in [0.1, 0.15) is 0 Å². The van der Waals surface area contributed by atoms with Gasteiger partial charge in [-0.2, -0.15) is 0 Å². The number of carbonyl (C=O) groups is 1. The molecule has 0 bridgehead atoms. The largest absolute Gasteiger partial charge is 0.384 e. The number of nitrogens with zero attached hydrogens (tertiary/aromatic N) is 1. The molecule has 0 spiro atoms. The van der Waals surface area contributed by atoms with Gasteiger partial charge in [-0.3, -0.25) is 4.79 Å². The lowest BCUT2D eigenvalue weighted by Crippen LogP contribution is -2.22. The van der Waals surface area contributed by atoms with Crippen molar-refractivity contribution >= 4 is 28.1 Å². The zero-order valence-electron chi connectivity index (χ0n) is 10.9. The highest BCUT2D eigenvalue weighted by molar-refractivity contribution is 7.13. The van der Waals surface area contributed by atoms with Crippen molar-refractivity contribution in [3.8, 4) is 0 Å². The fraction of sp³-hybridized carbons (Fsp3) is 0.333. The van der Waals surface area contributed by atoms with E-state index in [2.05, 4.69) is 21.0 Å². The molecule has 1 atom stereocenters. The molecule has 4 nitrogen and oxygen atoms in total. The molecule has 1 aliphatic carbocycles. The third-order valence-corrected chi connectivity index (χ3v) is 4.67. The van der Waals surface area contributed by atoms with Gasteiger partial charge in [-0.25, -0.2) is 4.98 Å². The molecule has 2 N–H and O–H groups in total. The summed E-state index contributed by atoms with van der Waals surface area (Å²) in [5.41, 5.74) is 3.27. The molecule has 1 aliphatic heterocycles. The van der Waals surface area contributed by atoms with Crippen LogP contribution in [0.4, 0.5) is 10.8 Å². The van der Waals surface area contributed by atoms with Gasteiger partial charge in [0.05, 0.1) is 11.6 Å². The van der Waals surface area contributed by atoms with Crippen LogP contribution in [0.5, 0.6) is 0 Å². The van der Waals surface area contributed by atoms with Crippen LogP contribution in [0.25, 0.3) is 0 Å². The third-order valence-electron chi connectivity index (χ3n) is 3.90. The molecule has 0 saturated heterocycles. The van der Waals surface area contributed by atoms with E-state index in [1.165, 1.54) is 24.2 Å². The number of carbonyl (C=O) groups excluding carboxylic acids is 1. The SMILES string of the molecule is O=C(Nc1nc(C2CC2)cs1)C1CNc2ccccc21. The summed E-state index contributed by atoms with van der Waals surface area (Å²) in [6.45, 7) is 0.659. The predicted molar refractivity (Wildman–Crippen MR) is 80.4 cm³/mol. The molecule has 1 aromatic heterocycles. The molecular formula is C15H15N3OS. The zero-order valence-corrected chi connectivity index (χ0v) is 11.7. The standard InChI is InChI=1S/C15H15N3OS/c19-14(11-7-16-12-4-2-1-3-10(11)12)18-15-17-13(8-20-15)9-5-6-9/h1-4,8-9,11,16H,5-7H2,(H,17,18,19). The number of hydrogen-bond donors (Lipinski definition) is 2. The van der Waals surface area contributed by atoms with E-state index in [-0.39, 0.29) is 11.8 Å². The topological polar surface area (TPSA) is 54.0 Å². The van der Waals surface area contributed by atoms with Crippen molar-refractivity contribution < 1.29 is 4.79 Å². The van der Waals surface area contributed by atoms with Crippen LogP contribution < -0.4 is 10.6 Å². The summed E-state index contributed by atoms with van der Waals surface area (Å²) in [5.74, 6) is 0.532. The number of anilines is 2. The molecule has 4 rings (SSSR count). The molecule has 1 saturated carbocycles. The van der Waals surface area contributed by atoms with Gasteiger partial charge in [0.15, 0.2) is 5.13 Å². The van der Waals surface area contributed by atoms with E-state index in [1.54, 1.807) is 0 Å². The van der Waals surface area contributed by atoms with Crippen molar-refractivity contribution in [2.24, 2.45) is 0 Å². The molecule has 2 heterocycles. The van der Waals surface area contributed by atoms with E-state index < -0.39 is 0 Å². The minimum Gasteiger partial charge on any atom is -0.384 e. The van der Waals surface area contributed by atoms with E-state index in [0.29, 0.717) is 12.5 Å². The third kappa shape index (κ3) is 2.08. The Morgan fingerprint density at radius 3 is 3.05 bits per heavy atom. The van der Waals surface area contributed by atoms with Crippen LogP contribution in [-0.2, 0) is 4.79 Å².